The first kappa shape index (κ1) is 14.8. The van der Waals surface area contributed by atoms with Gasteiger partial charge in [0.1, 0.15) is 5.01 Å². The molecule has 1 aliphatic carbocycles. The molecule has 0 spiro atoms. The molecule has 0 aliphatic heterocycles. The molecule has 1 aliphatic rings. The molecule has 0 bridgehead atoms. The third-order valence-electron chi connectivity index (χ3n) is 4.10. The number of allylic oxidation sites excluding steroid dienone is 2. The molecular formula is C20H16N2OS. The first-order valence-electron chi connectivity index (χ1n) is 7.73. The Bertz CT molecular complexity index is 978. The summed E-state index contributed by atoms with van der Waals surface area (Å²) in [6.45, 7) is 0. The van der Waals surface area contributed by atoms with Gasteiger partial charge in [-0.25, -0.2) is 4.98 Å². The van der Waals surface area contributed by atoms with Crippen LogP contribution in [0.4, 0.5) is 5.69 Å². The Morgan fingerprint density at radius 3 is 2.71 bits per heavy atom. The number of fused-ring (bicyclic) bond motifs is 2. The molecule has 3 nitrogen and oxygen atoms in total. The third-order valence-corrected chi connectivity index (χ3v) is 5.08. The van der Waals surface area contributed by atoms with Crippen LogP contribution in [0.1, 0.15) is 16.1 Å². The lowest BCUT2D eigenvalue weighted by molar-refractivity contribution is -0.109. The molecule has 0 amide bonds. The molecule has 4 rings (SSSR count). The zero-order chi connectivity index (χ0) is 16.7. The molecular weight excluding hydrogens is 316 g/mol. The standard InChI is InChI=1S/C20H16N2OS/c1-22(2)14-8-9-15-13(11-14)7-10-18(23)16(15)12-20-21-17-5-3-4-6-19(17)24-20/h3-12H,1-2H3/b16-12-. The Balaban J connectivity index is 1.83. The summed E-state index contributed by atoms with van der Waals surface area (Å²) in [6, 6.07) is 14.2. The van der Waals surface area contributed by atoms with Crippen molar-refractivity contribution in [3.05, 3.63) is 64.7 Å². The number of carbonyl (C=O) groups is 1. The highest BCUT2D eigenvalue weighted by molar-refractivity contribution is 7.19. The quantitative estimate of drug-likeness (QED) is 0.648. The predicted octanol–water partition coefficient (Wildman–Crippen LogP) is 4.50. The number of thiazole rings is 1. The number of carbonyl (C=O) groups excluding carboxylic acids is 1. The molecule has 1 aromatic heterocycles. The van der Waals surface area contributed by atoms with Crippen LogP contribution in [0.2, 0.25) is 0 Å². The van der Waals surface area contributed by atoms with Gasteiger partial charge < -0.3 is 4.90 Å². The summed E-state index contributed by atoms with van der Waals surface area (Å²) in [5, 5.41) is 0.859. The van der Waals surface area contributed by atoms with Gasteiger partial charge in [-0.15, -0.1) is 11.3 Å². The van der Waals surface area contributed by atoms with Crippen LogP contribution in [-0.2, 0) is 4.79 Å². The minimum atomic E-state index is 0.0272. The van der Waals surface area contributed by atoms with E-state index in [1.54, 1.807) is 17.4 Å². The van der Waals surface area contributed by atoms with E-state index in [9.17, 15) is 4.79 Å². The van der Waals surface area contributed by atoms with Crippen LogP contribution < -0.4 is 4.90 Å². The van der Waals surface area contributed by atoms with Gasteiger partial charge in [0.15, 0.2) is 5.78 Å². The second-order valence-corrected chi connectivity index (χ2v) is 7.00. The smallest absolute Gasteiger partial charge is 0.186 e. The molecule has 0 saturated heterocycles. The summed E-state index contributed by atoms with van der Waals surface area (Å²) in [5.74, 6) is 0.0272. The van der Waals surface area contributed by atoms with Crippen LogP contribution in [0.15, 0.2) is 48.5 Å². The van der Waals surface area contributed by atoms with Crippen LogP contribution >= 0.6 is 11.3 Å². The average molecular weight is 332 g/mol. The van der Waals surface area contributed by atoms with Gasteiger partial charge in [-0.3, -0.25) is 4.79 Å². The van der Waals surface area contributed by atoms with E-state index in [1.165, 1.54) is 0 Å². The molecule has 4 heteroatoms. The maximum absolute atomic E-state index is 12.4. The summed E-state index contributed by atoms with van der Waals surface area (Å²) in [5.41, 5.74) is 4.82. The lowest BCUT2D eigenvalue weighted by Crippen LogP contribution is -2.10. The maximum Gasteiger partial charge on any atom is 0.186 e. The summed E-state index contributed by atoms with van der Waals surface area (Å²) >= 11 is 1.60. The van der Waals surface area contributed by atoms with Crippen LogP contribution in [0, 0.1) is 0 Å². The molecule has 2 aromatic carbocycles. The minimum Gasteiger partial charge on any atom is -0.378 e. The van der Waals surface area contributed by atoms with Gasteiger partial charge >= 0.3 is 0 Å². The Morgan fingerprint density at radius 2 is 1.92 bits per heavy atom. The Kier molecular flexibility index (Phi) is 3.54. The number of para-hydroxylation sites is 1. The van der Waals surface area contributed by atoms with E-state index in [2.05, 4.69) is 22.0 Å². The van der Waals surface area contributed by atoms with Crippen molar-refractivity contribution in [3.8, 4) is 0 Å². The summed E-state index contributed by atoms with van der Waals surface area (Å²) < 4.78 is 1.13. The number of ketones is 1. The summed E-state index contributed by atoms with van der Waals surface area (Å²) in [4.78, 5) is 19.1. The van der Waals surface area contributed by atoms with E-state index in [4.69, 9.17) is 0 Å². The van der Waals surface area contributed by atoms with E-state index in [-0.39, 0.29) is 5.78 Å². The predicted molar refractivity (Wildman–Crippen MR) is 102 cm³/mol. The topological polar surface area (TPSA) is 33.2 Å². The van der Waals surface area contributed by atoms with Crippen molar-refractivity contribution < 1.29 is 4.79 Å². The van der Waals surface area contributed by atoms with Gasteiger partial charge in [0.25, 0.3) is 0 Å². The monoisotopic (exact) mass is 332 g/mol. The number of rotatable bonds is 2. The third kappa shape index (κ3) is 2.55. The summed E-state index contributed by atoms with van der Waals surface area (Å²) in [6.07, 6.45) is 5.44. The van der Waals surface area contributed by atoms with Crippen LogP contribution in [0.3, 0.4) is 0 Å². The molecule has 3 aromatic rings. The Labute approximate surface area is 144 Å². The fourth-order valence-electron chi connectivity index (χ4n) is 2.82. The van der Waals surface area contributed by atoms with Crippen LogP contribution in [0.5, 0.6) is 0 Å². The first-order chi connectivity index (χ1) is 11.6. The van der Waals surface area contributed by atoms with Crippen LogP contribution in [-0.4, -0.2) is 24.9 Å². The number of benzene rings is 2. The van der Waals surface area contributed by atoms with Gasteiger partial charge in [-0.2, -0.15) is 0 Å². The fourth-order valence-corrected chi connectivity index (χ4v) is 3.73. The molecule has 0 saturated carbocycles. The van der Waals surface area contributed by atoms with E-state index in [0.717, 1.165) is 32.0 Å². The van der Waals surface area contributed by atoms with E-state index in [1.807, 2.05) is 56.6 Å². The fraction of sp³-hybridized carbons (Fsp3) is 0.100. The van der Waals surface area contributed by atoms with Gasteiger partial charge in [-0.1, -0.05) is 24.3 Å². The normalized spacial score (nSPS) is 15.1. The van der Waals surface area contributed by atoms with Gasteiger partial charge in [0.05, 0.1) is 10.2 Å². The Hall–Kier alpha value is -2.72. The molecule has 118 valence electrons. The lowest BCUT2D eigenvalue weighted by atomic mass is 9.90. The molecule has 1 heterocycles. The maximum atomic E-state index is 12.4. The highest BCUT2D eigenvalue weighted by Crippen LogP contribution is 2.32. The molecule has 0 radical (unpaired) electrons. The molecule has 0 fully saturated rings. The van der Waals surface area contributed by atoms with Crippen LogP contribution in [0.25, 0.3) is 27.9 Å². The van der Waals surface area contributed by atoms with Crippen molar-refractivity contribution in [2.24, 2.45) is 0 Å². The van der Waals surface area contributed by atoms with E-state index >= 15 is 0 Å². The number of hydrogen-bond donors (Lipinski definition) is 0. The summed E-state index contributed by atoms with van der Waals surface area (Å²) in [7, 11) is 4.02. The van der Waals surface area contributed by atoms with E-state index < -0.39 is 0 Å². The highest BCUT2D eigenvalue weighted by Gasteiger charge is 2.18. The number of anilines is 1. The van der Waals surface area contributed by atoms with Crippen molar-refractivity contribution in [3.63, 3.8) is 0 Å². The molecule has 0 N–H and O–H groups in total. The van der Waals surface area contributed by atoms with Gasteiger partial charge in [0.2, 0.25) is 0 Å². The molecule has 24 heavy (non-hydrogen) atoms. The number of hydrogen-bond acceptors (Lipinski definition) is 4. The highest BCUT2D eigenvalue weighted by atomic mass is 32.1. The SMILES string of the molecule is CN(C)c1ccc2c(c1)C=CC(=O)/C2=C\c1nc2ccccc2s1. The number of nitrogens with zero attached hydrogens (tertiary/aromatic N) is 2. The van der Waals surface area contributed by atoms with Gasteiger partial charge in [0, 0.05) is 25.4 Å². The van der Waals surface area contributed by atoms with Crippen molar-refractivity contribution in [2.45, 2.75) is 0 Å². The largest absolute Gasteiger partial charge is 0.378 e. The van der Waals surface area contributed by atoms with E-state index in [0.29, 0.717) is 5.57 Å². The Morgan fingerprint density at radius 1 is 1.08 bits per heavy atom. The average Bonchev–Trinajstić information content (AvgIpc) is 2.99. The van der Waals surface area contributed by atoms with Crippen molar-refractivity contribution in [1.29, 1.82) is 0 Å². The first-order valence-corrected chi connectivity index (χ1v) is 8.55. The van der Waals surface area contributed by atoms with Crippen molar-refractivity contribution >= 4 is 50.7 Å². The van der Waals surface area contributed by atoms with Gasteiger partial charge in [-0.05, 0) is 47.5 Å². The minimum absolute atomic E-state index is 0.0272. The lowest BCUT2D eigenvalue weighted by Gasteiger charge is -2.18. The molecule has 0 atom stereocenters. The zero-order valence-electron chi connectivity index (χ0n) is 13.5. The van der Waals surface area contributed by atoms with Crippen molar-refractivity contribution in [2.75, 3.05) is 19.0 Å². The second-order valence-electron chi connectivity index (χ2n) is 5.94. The number of aromatic nitrogens is 1. The second kappa shape index (κ2) is 5.73. The van der Waals surface area contributed by atoms with Crippen molar-refractivity contribution in [1.82, 2.24) is 4.98 Å². The zero-order valence-corrected chi connectivity index (χ0v) is 14.3. The molecule has 0 unspecified atom stereocenters.